The highest BCUT2D eigenvalue weighted by Gasteiger charge is 2.47. The summed E-state index contributed by atoms with van der Waals surface area (Å²) in [6.45, 7) is 3.68. The van der Waals surface area contributed by atoms with Gasteiger partial charge in [0.2, 0.25) is 0 Å². The average molecular weight is 480 g/mol. The summed E-state index contributed by atoms with van der Waals surface area (Å²) >= 11 is 9.59. The molecule has 0 unspecified atom stereocenters. The van der Waals surface area contributed by atoms with Crippen LogP contribution < -0.4 is 10.6 Å². The van der Waals surface area contributed by atoms with E-state index in [4.69, 9.17) is 11.6 Å². The maximum absolute atomic E-state index is 13.7. The third-order valence-corrected chi connectivity index (χ3v) is 5.66. The lowest BCUT2D eigenvalue weighted by Crippen LogP contribution is -2.36. The summed E-state index contributed by atoms with van der Waals surface area (Å²) in [4.78, 5) is 12.4. The zero-order valence-electron chi connectivity index (χ0n) is 15.1. The number of carbonyl (C=O) groups is 1. The van der Waals surface area contributed by atoms with E-state index in [1.54, 1.807) is 31.2 Å². The Bertz CT molecular complexity index is 869. The highest BCUT2D eigenvalue weighted by molar-refractivity contribution is 9.10. The second kappa shape index (κ2) is 7.94. The van der Waals surface area contributed by atoms with Crippen LogP contribution in [0.3, 0.4) is 0 Å². The zero-order valence-corrected chi connectivity index (χ0v) is 17.5. The molecule has 1 aromatic heterocycles. The second-order valence-corrected chi connectivity index (χ2v) is 8.07. The molecule has 0 aliphatic carbocycles. The van der Waals surface area contributed by atoms with E-state index in [9.17, 15) is 18.0 Å². The van der Waals surface area contributed by atoms with Crippen molar-refractivity contribution in [1.29, 1.82) is 0 Å². The lowest BCUT2D eigenvalue weighted by Gasteiger charge is -2.33. The van der Waals surface area contributed by atoms with Gasteiger partial charge in [0.15, 0.2) is 11.7 Å². The number of carbonyl (C=O) groups excluding carboxylic acids is 1. The number of rotatable bonds is 4. The van der Waals surface area contributed by atoms with Gasteiger partial charge in [0.05, 0.1) is 6.04 Å². The average Bonchev–Trinajstić information content (AvgIpc) is 2.97. The first-order chi connectivity index (χ1) is 13.1. The Hall–Kier alpha value is -1.74. The molecule has 2 heterocycles. The Morgan fingerprint density at radius 1 is 1.43 bits per heavy atom. The summed E-state index contributed by atoms with van der Waals surface area (Å²) in [6, 6.07) is 4.35. The number of halogens is 5. The Morgan fingerprint density at radius 3 is 2.64 bits per heavy atom. The van der Waals surface area contributed by atoms with E-state index >= 15 is 0 Å². The molecule has 0 fully saturated rings. The van der Waals surface area contributed by atoms with Crippen LogP contribution in [0, 0.1) is 0 Å². The van der Waals surface area contributed by atoms with Crippen molar-refractivity contribution >= 4 is 39.3 Å². The van der Waals surface area contributed by atoms with Crippen molar-refractivity contribution in [3.8, 4) is 0 Å². The summed E-state index contributed by atoms with van der Waals surface area (Å²) in [5, 5.41) is 9.50. The van der Waals surface area contributed by atoms with Crippen molar-refractivity contribution in [2.45, 2.75) is 51.0 Å². The Balaban J connectivity index is 2.00. The van der Waals surface area contributed by atoms with E-state index in [-0.39, 0.29) is 29.0 Å². The number of nitrogens with zero attached hydrogens (tertiary/aromatic N) is 2. The maximum atomic E-state index is 13.7. The molecule has 1 aliphatic heterocycles. The maximum Gasteiger partial charge on any atom is 0.410 e. The van der Waals surface area contributed by atoms with Crippen LogP contribution in [0.5, 0.6) is 0 Å². The van der Waals surface area contributed by atoms with Gasteiger partial charge in [0.1, 0.15) is 10.8 Å². The third-order valence-electron chi connectivity index (χ3n) is 4.77. The van der Waals surface area contributed by atoms with E-state index in [2.05, 4.69) is 31.7 Å². The van der Waals surface area contributed by atoms with Crippen LogP contribution in [0.1, 0.15) is 54.8 Å². The standard InChI is InChI=1S/C18H19BrClF3N4O/c1-3-9(2)24-17(28)15-14(20)16-25-12(10-4-6-11(19)7-5-10)8-13(18(21,22)23)27(16)26-15/h4-7,9,12-13,25H,3,8H2,1-2H3,(H,24,28)/t9-,12+,13-/m1/s1. The molecule has 0 bridgehead atoms. The third kappa shape index (κ3) is 4.15. The quantitative estimate of drug-likeness (QED) is 0.610. The zero-order chi connectivity index (χ0) is 20.6. The molecule has 28 heavy (non-hydrogen) atoms. The molecule has 1 aromatic carbocycles. The number of anilines is 1. The first-order valence-corrected chi connectivity index (χ1v) is 9.96. The van der Waals surface area contributed by atoms with Crippen molar-refractivity contribution in [1.82, 2.24) is 15.1 Å². The molecule has 3 atom stereocenters. The molecule has 1 amide bonds. The van der Waals surface area contributed by atoms with Crippen LogP contribution in [0.4, 0.5) is 19.0 Å². The fourth-order valence-corrected chi connectivity index (χ4v) is 3.57. The monoisotopic (exact) mass is 478 g/mol. The molecular formula is C18H19BrClF3N4O. The van der Waals surface area contributed by atoms with Crippen molar-refractivity contribution < 1.29 is 18.0 Å². The highest BCUT2D eigenvalue weighted by Crippen LogP contribution is 2.46. The molecule has 3 rings (SSSR count). The van der Waals surface area contributed by atoms with Crippen LogP contribution >= 0.6 is 27.5 Å². The minimum atomic E-state index is -4.54. The minimum absolute atomic E-state index is 0.00235. The molecule has 0 saturated heterocycles. The first kappa shape index (κ1) is 21.0. The van der Waals surface area contributed by atoms with E-state index in [1.165, 1.54) is 0 Å². The van der Waals surface area contributed by atoms with Crippen molar-refractivity contribution in [2.75, 3.05) is 5.32 Å². The normalized spacial score (nSPS) is 20.2. The van der Waals surface area contributed by atoms with Gasteiger partial charge in [-0.25, -0.2) is 4.68 Å². The molecule has 10 heteroatoms. The van der Waals surface area contributed by atoms with E-state index < -0.39 is 24.2 Å². The lowest BCUT2D eigenvalue weighted by molar-refractivity contribution is -0.173. The number of hydrogen-bond acceptors (Lipinski definition) is 3. The molecule has 2 aromatic rings. The Morgan fingerprint density at radius 2 is 2.07 bits per heavy atom. The summed E-state index contributed by atoms with van der Waals surface area (Å²) in [5.41, 5.74) is 0.474. The number of aromatic nitrogens is 2. The largest absolute Gasteiger partial charge is 0.410 e. The molecule has 0 spiro atoms. The minimum Gasteiger partial charge on any atom is -0.362 e. The number of nitrogens with one attached hydrogen (secondary N) is 2. The van der Waals surface area contributed by atoms with Gasteiger partial charge < -0.3 is 10.6 Å². The smallest absolute Gasteiger partial charge is 0.362 e. The lowest BCUT2D eigenvalue weighted by atomic mass is 9.97. The number of alkyl halides is 3. The molecule has 0 radical (unpaired) electrons. The van der Waals surface area contributed by atoms with Gasteiger partial charge in [-0.2, -0.15) is 18.3 Å². The SMILES string of the molecule is CC[C@@H](C)NC(=O)c1nn2c(c1Cl)N[C@H](c1ccc(Br)cc1)C[C@@H]2C(F)(F)F. The first-order valence-electron chi connectivity index (χ1n) is 8.79. The van der Waals surface area contributed by atoms with Crippen molar-refractivity contribution in [3.63, 3.8) is 0 Å². The molecule has 0 saturated carbocycles. The summed E-state index contributed by atoms with van der Waals surface area (Å²) in [7, 11) is 0. The van der Waals surface area contributed by atoms with E-state index in [1.807, 2.05) is 6.92 Å². The number of fused-ring (bicyclic) bond motifs is 1. The molecular weight excluding hydrogens is 461 g/mol. The van der Waals surface area contributed by atoms with Gasteiger partial charge in [-0.1, -0.05) is 46.6 Å². The van der Waals surface area contributed by atoms with Gasteiger partial charge in [0.25, 0.3) is 5.91 Å². The van der Waals surface area contributed by atoms with Crippen molar-refractivity contribution in [3.05, 3.63) is 45.0 Å². The Kier molecular flexibility index (Phi) is 5.95. The topological polar surface area (TPSA) is 59.0 Å². The summed E-state index contributed by atoms with van der Waals surface area (Å²) < 4.78 is 42.8. The van der Waals surface area contributed by atoms with Crippen LogP contribution in [0.25, 0.3) is 0 Å². The number of amides is 1. The number of hydrogen-bond donors (Lipinski definition) is 2. The van der Waals surface area contributed by atoms with Gasteiger partial charge in [0, 0.05) is 16.9 Å². The molecule has 1 aliphatic rings. The molecule has 5 nitrogen and oxygen atoms in total. The van der Waals surface area contributed by atoms with Crippen LogP contribution in [-0.4, -0.2) is 27.9 Å². The summed E-state index contributed by atoms with van der Waals surface area (Å²) in [6.07, 6.45) is -4.13. The molecule has 152 valence electrons. The summed E-state index contributed by atoms with van der Waals surface area (Å²) in [5.74, 6) is -0.596. The van der Waals surface area contributed by atoms with Crippen molar-refractivity contribution in [2.24, 2.45) is 0 Å². The van der Waals surface area contributed by atoms with E-state index in [0.29, 0.717) is 12.0 Å². The Labute approximate surface area is 173 Å². The van der Waals surface area contributed by atoms with Crippen LogP contribution in [0.15, 0.2) is 28.7 Å². The van der Waals surface area contributed by atoms with Gasteiger partial charge in [-0.15, -0.1) is 0 Å². The predicted molar refractivity (Wildman–Crippen MR) is 105 cm³/mol. The van der Waals surface area contributed by atoms with Gasteiger partial charge in [-0.3, -0.25) is 4.79 Å². The van der Waals surface area contributed by atoms with Crippen LogP contribution in [-0.2, 0) is 0 Å². The van der Waals surface area contributed by atoms with Crippen LogP contribution in [0.2, 0.25) is 5.02 Å². The van der Waals surface area contributed by atoms with Gasteiger partial charge >= 0.3 is 6.18 Å². The predicted octanol–water partition coefficient (Wildman–Crippen LogP) is 5.49. The van der Waals surface area contributed by atoms with E-state index in [0.717, 1.165) is 9.15 Å². The van der Waals surface area contributed by atoms with Gasteiger partial charge in [-0.05, 0) is 31.0 Å². The fourth-order valence-electron chi connectivity index (χ4n) is 3.04. The highest BCUT2D eigenvalue weighted by atomic mass is 79.9. The fraction of sp³-hybridized carbons (Fsp3) is 0.444. The molecule has 2 N–H and O–H groups in total. The number of benzene rings is 1. The second-order valence-electron chi connectivity index (χ2n) is 6.78.